The summed E-state index contributed by atoms with van der Waals surface area (Å²) < 4.78 is 30.7. The van der Waals surface area contributed by atoms with Crippen LogP contribution in [-0.4, -0.2) is 67.4 Å². The summed E-state index contributed by atoms with van der Waals surface area (Å²) in [6.07, 6.45) is -1.78. The van der Waals surface area contributed by atoms with E-state index in [1.807, 2.05) is 51.2 Å². The fraction of sp³-hybridized carbons (Fsp3) is 0.684. The van der Waals surface area contributed by atoms with Crippen molar-refractivity contribution in [3.8, 4) is 0 Å². The molecule has 3 aliphatic heterocycles. The molecule has 4 rings (SSSR count). The summed E-state index contributed by atoms with van der Waals surface area (Å²) in [6.45, 7) is 5.26. The molecule has 0 spiro atoms. The molecule has 0 saturated carbocycles. The molecule has 6 nitrogen and oxygen atoms in total. The van der Waals surface area contributed by atoms with Crippen LogP contribution in [0, 0.1) is 0 Å². The smallest absolute Gasteiger partial charge is 0.190 e. The first kappa shape index (κ1) is 18.6. The van der Waals surface area contributed by atoms with Crippen molar-refractivity contribution in [3.05, 3.63) is 35.9 Å². The zero-order chi connectivity index (χ0) is 18.3. The molecule has 3 heterocycles. The predicted molar refractivity (Wildman–Crippen MR) is 95.8 cm³/mol. The molecule has 6 atom stereocenters. The van der Waals surface area contributed by atoms with E-state index in [-0.39, 0.29) is 24.4 Å². The van der Waals surface area contributed by atoms with E-state index >= 15 is 0 Å². The van der Waals surface area contributed by atoms with Crippen molar-refractivity contribution in [1.29, 1.82) is 0 Å². The first-order valence-corrected chi connectivity index (χ1v) is 9.62. The summed E-state index contributed by atoms with van der Waals surface area (Å²) in [5.41, 5.74) is 0.984. The monoisotopic (exact) mass is 383 g/mol. The number of hydrogen-bond donors (Lipinski definition) is 0. The molecule has 26 heavy (non-hydrogen) atoms. The number of hydrogen-bond acceptors (Lipinski definition) is 6. The van der Waals surface area contributed by atoms with E-state index in [1.165, 1.54) is 0 Å². The van der Waals surface area contributed by atoms with Gasteiger partial charge in [0.2, 0.25) is 0 Å². The quantitative estimate of drug-likeness (QED) is 0.728. The van der Waals surface area contributed by atoms with Crippen molar-refractivity contribution in [1.82, 2.24) is 4.90 Å². The normalized spacial score (nSPS) is 38.3. The first-order chi connectivity index (χ1) is 12.5. The highest BCUT2D eigenvalue weighted by Crippen LogP contribution is 2.45. The van der Waals surface area contributed by atoms with Gasteiger partial charge in [-0.1, -0.05) is 30.3 Å². The lowest BCUT2D eigenvalue weighted by Gasteiger charge is -2.41. The average Bonchev–Trinajstić information content (AvgIpc) is 3.08. The fourth-order valence-electron chi connectivity index (χ4n) is 3.83. The van der Waals surface area contributed by atoms with Crippen LogP contribution in [0.4, 0.5) is 0 Å². The molecule has 1 aromatic carbocycles. The third-order valence-corrected chi connectivity index (χ3v) is 5.17. The summed E-state index contributed by atoms with van der Waals surface area (Å²) in [4.78, 5) is 2.14. The van der Waals surface area contributed by atoms with E-state index in [0.717, 1.165) is 12.1 Å². The molecule has 0 radical (unpaired) electrons. The Morgan fingerprint density at radius 3 is 2.50 bits per heavy atom. The largest absolute Gasteiger partial charge is 0.341 e. The van der Waals surface area contributed by atoms with Crippen LogP contribution in [0.25, 0.3) is 0 Å². The molecule has 0 unspecified atom stereocenters. The number of rotatable bonds is 5. The molecule has 0 bridgehead atoms. The van der Waals surface area contributed by atoms with E-state index in [9.17, 15) is 0 Å². The SMILES string of the molecule is CN(CCCl)C[C@@H]1O[C@H](c2ccccc2)O[C@H]2[C@@H]3OC(C)(C)O[C@H]3O[C@@H]21. The van der Waals surface area contributed by atoms with E-state index in [2.05, 4.69) is 4.90 Å². The van der Waals surface area contributed by atoms with Gasteiger partial charge in [0.05, 0.1) is 0 Å². The van der Waals surface area contributed by atoms with Crippen LogP contribution < -0.4 is 0 Å². The maximum absolute atomic E-state index is 6.28. The van der Waals surface area contributed by atoms with Crippen LogP contribution in [0.2, 0.25) is 0 Å². The van der Waals surface area contributed by atoms with Crippen molar-refractivity contribution in [3.63, 3.8) is 0 Å². The highest BCUT2D eigenvalue weighted by atomic mass is 35.5. The van der Waals surface area contributed by atoms with Crippen LogP contribution in [0.3, 0.4) is 0 Å². The van der Waals surface area contributed by atoms with Gasteiger partial charge in [-0.05, 0) is 20.9 Å². The molecular formula is C19H26ClNO5. The number of fused-ring (bicyclic) bond motifs is 3. The van der Waals surface area contributed by atoms with Gasteiger partial charge >= 0.3 is 0 Å². The van der Waals surface area contributed by atoms with E-state index < -0.39 is 18.4 Å². The summed E-state index contributed by atoms with van der Waals surface area (Å²) in [5.74, 6) is -0.0996. The molecule has 0 aliphatic carbocycles. The molecule has 3 fully saturated rings. The van der Waals surface area contributed by atoms with Crippen LogP contribution in [0.15, 0.2) is 30.3 Å². The van der Waals surface area contributed by atoms with Gasteiger partial charge in [-0.2, -0.15) is 0 Å². The van der Waals surface area contributed by atoms with E-state index in [0.29, 0.717) is 12.4 Å². The first-order valence-electron chi connectivity index (χ1n) is 9.08. The van der Waals surface area contributed by atoms with Gasteiger partial charge < -0.3 is 28.6 Å². The Kier molecular flexibility index (Phi) is 5.27. The molecule has 3 aliphatic rings. The summed E-state index contributed by atoms with van der Waals surface area (Å²) >= 11 is 5.88. The third-order valence-electron chi connectivity index (χ3n) is 5.00. The second-order valence-electron chi connectivity index (χ2n) is 7.54. The van der Waals surface area contributed by atoms with Crippen LogP contribution in [-0.2, 0) is 23.7 Å². The fourth-order valence-corrected chi connectivity index (χ4v) is 4.11. The van der Waals surface area contributed by atoms with Crippen molar-refractivity contribution >= 4 is 11.6 Å². The van der Waals surface area contributed by atoms with Crippen LogP contribution >= 0.6 is 11.6 Å². The second-order valence-corrected chi connectivity index (χ2v) is 7.92. The number of likely N-dealkylation sites (N-methyl/N-ethyl adjacent to an activating group) is 1. The number of halogens is 1. The number of benzene rings is 1. The van der Waals surface area contributed by atoms with Gasteiger partial charge in [-0.3, -0.25) is 0 Å². The van der Waals surface area contributed by atoms with Crippen molar-refractivity contribution in [2.75, 3.05) is 26.0 Å². The summed E-state index contributed by atoms with van der Waals surface area (Å²) in [6, 6.07) is 9.96. The van der Waals surface area contributed by atoms with Gasteiger partial charge in [0.15, 0.2) is 18.4 Å². The van der Waals surface area contributed by atoms with Gasteiger partial charge in [0, 0.05) is 24.5 Å². The van der Waals surface area contributed by atoms with E-state index in [1.54, 1.807) is 0 Å². The maximum Gasteiger partial charge on any atom is 0.190 e. The molecule has 7 heteroatoms. The Bertz CT molecular complexity index is 615. The van der Waals surface area contributed by atoms with Crippen molar-refractivity contribution in [2.24, 2.45) is 0 Å². The topological polar surface area (TPSA) is 49.4 Å². The lowest BCUT2D eigenvalue weighted by molar-refractivity contribution is -0.310. The van der Waals surface area contributed by atoms with Crippen molar-refractivity contribution < 1.29 is 23.7 Å². The minimum absolute atomic E-state index is 0.159. The second kappa shape index (κ2) is 7.36. The summed E-state index contributed by atoms with van der Waals surface area (Å²) in [5, 5.41) is 0. The Balaban J connectivity index is 1.56. The molecule has 1 aromatic rings. The Morgan fingerprint density at radius 2 is 1.77 bits per heavy atom. The maximum atomic E-state index is 6.28. The average molecular weight is 384 g/mol. The molecule has 3 saturated heterocycles. The highest BCUT2D eigenvalue weighted by Gasteiger charge is 2.60. The van der Waals surface area contributed by atoms with Crippen LogP contribution in [0.5, 0.6) is 0 Å². The van der Waals surface area contributed by atoms with Gasteiger partial charge in [0.25, 0.3) is 0 Å². The molecule has 0 aromatic heterocycles. The zero-order valence-electron chi connectivity index (χ0n) is 15.3. The number of alkyl halides is 1. The lowest BCUT2D eigenvalue weighted by atomic mass is 10.0. The molecule has 0 amide bonds. The van der Waals surface area contributed by atoms with Gasteiger partial charge in [-0.25, -0.2) is 0 Å². The van der Waals surface area contributed by atoms with Crippen molar-refractivity contribution in [2.45, 2.75) is 56.6 Å². The molecule has 144 valence electrons. The minimum atomic E-state index is -0.672. The predicted octanol–water partition coefficient (Wildman–Crippen LogP) is 2.52. The van der Waals surface area contributed by atoms with Crippen LogP contribution in [0.1, 0.15) is 25.7 Å². The lowest BCUT2D eigenvalue weighted by Crippen LogP contribution is -2.53. The minimum Gasteiger partial charge on any atom is -0.341 e. The van der Waals surface area contributed by atoms with E-state index in [4.69, 9.17) is 35.3 Å². The summed E-state index contributed by atoms with van der Waals surface area (Å²) in [7, 11) is 2.03. The number of nitrogens with zero attached hydrogens (tertiary/aromatic N) is 1. The van der Waals surface area contributed by atoms with Gasteiger partial charge in [0.1, 0.15) is 24.4 Å². The molecular weight excluding hydrogens is 358 g/mol. The third kappa shape index (κ3) is 3.64. The Morgan fingerprint density at radius 1 is 1.00 bits per heavy atom. The number of ether oxygens (including phenoxy) is 5. The molecule has 0 N–H and O–H groups in total. The van der Waals surface area contributed by atoms with Gasteiger partial charge in [-0.15, -0.1) is 11.6 Å². The Labute approximate surface area is 159 Å². The highest BCUT2D eigenvalue weighted by molar-refractivity contribution is 6.18. The standard InChI is InChI=1S/C19H26ClNO5/c1-19(2)25-16-15-14(23-18(16)26-19)13(11-21(3)10-9-20)22-17(24-15)12-7-5-4-6-8-12/h4-8,13-18H,9-11H2,1-3H3/t13-,14+,15+,16-,17-,18+/m0/s1. The Hall–Kier alpha value is -0.730. The zero-order valence-corrected chi connectivity index (χ0v) is 16.1.